The summed E-state index contributed by atoms with van der Waals surface area (Å²) in [6.45, 7) is 2.11. The molecule has 0 saturated heterocycles. The zero-order chi connectivity index (χ0) is 12.8. The number of hydrogen-bond acceptors (Lipinski definition) is 3. The summed E-state index contributed by atoms with van der Waals surface area (Å²) in [5.74, 6) is 6.82. The van der Waals surface area contributed by atoms with E-state index in [0.717, 1.165) is 18.6 Å². The quantitative estimate of drug-likeness (QED) is 0.486. The molecular formula is C15H24N2O. The van der Waals surface area contributed by atoms with Crippen molar-refractivity contribution in [1.29, 1.82) is 0 Å². The third-order valence-electron chi connectivity index (χ3n) is 3.78. The van der Waals surface area contributed by atoms with Crippen molar-refractivity contribution in [2.45, 2.75) is 57.9 Å². The van der Waals surface area contributed by atoms with Gasteiger partial charge in [-0.05, 0) is 31.7 Å². The summed E-state index contributed by atoms with van der Waals surface area (Å²) in [6, 6.07) is 2.17. The van der Waals surface area contributed by atoms with Crippen LogP contribution in [0, 0.1) is 0 Å². The monoisotopic (exact) mass is 248 g/mol. The van der Waals surface area contributed by atoms with Crippen LogP contribution in [-0.2, 0) is 6.42 Å². The van der Waals surface area contributed by atoms with E-state index in [1.165, 1.54) is 43.2 Å². The highest BCUT2D eigenvalue weighted by molar-refractivity contribution is 5.30. The van der Waals surface area contributed by atoms with Gasteiger partial charge in [-0.2, -0.15) is 0 Å². The largest absolute Gasteiger partial charge is 0.469 e. The van der Waals surface area contributed by atoms with Crippen LogP contribution in [0.4, 0.5) is 0 Å². The smallest absolute Gasteiger partial charge is 0.108 e. The highest BCUT2D eigenvalue weighted by Gasteiger charge is 2.20. The first-order valence-electron chi connectivity index (χ1n) is 7.08. The van der Waals surface area contributed by atoms with Gasteiger partial charge < -0.3 is 4.42 Å². The van der Waals surface area contributed by atoms with Crippen LogP contribution in [0.1, 0.15) is 62.8 Å². The molecule has 1 aliphatic carbocycles. The number of nitrogens with one attached hydrogen (secondary N) is 1. The van der Waals surface area contributed by atoms with E-state index in [-0.39, 0.29) is 6.04 Å². The Morgan fingerprint density at radius 2 is 2.17 bits per heavy atom. The van der Waals surface area contributed by atoms with Gasteiger partial charge in [0.15, 0.2) is 0 Å². The maximum absolute atomic E-state index is 5.78. The predicted octanol–water partition coefficient (Wildman–Crippen LogP) is 3.63. The molecule has 18 heavy (non-hydrogen) atoms. The van der Waals surface area contributed by atoms with E-state index in [1.54, 1.807) is 6.26 Å². The summed E-state index contributed by atoms with van der Waals surface area (Å²) in [7, 11) is 0. The zero-order valence-corrected chi connectivity index (χ0v) is 11.2. The number of aryl methyl sites for hydroxylation is 1. The Labute approximate surface area is 109 Å². The van der Waals surface area contributed by atoms with E-state index in [1.807, 2.05) is 6.07 Å². The molecule has 0 aliphatic heterocycles. The lowest BCUT2D eigenvalue weighted by Gasteiger charge is -2.21. The lowest BCUT2D eigenvalue weighted by Crippen LogP contribution is -2.30. The summed E-state index contributed by atoms with van der Waals surface area (Å²) < 4.78 is 5.52. The molecule has 100 valence electrons. The normalized spacial score (nSPS) is 21.8. The fourth-order valence-electron chi connectivity index (χ4n) is 2.77. The Balaban J connectivity index is 2.21. The molecule has 3 heteroatoms. The Morgan fingerprint density at radius 3 is 2.94 bits per heavy atom. The number of furan rings is 1. The van der Waals surface area contributed by atoms with Gasteiger partial charge in [-0.15, -0.1) is 0 Å². The molecule has 0 fully saturated rings. The van der Waals surface area contributed by atoms with Crippen molar-refractivity contribution in [3.8, 4) is 0 Å². The summed E-state index contributed by atoms with van der Waals surface area (Å²) in [5, 5.41) is 0. The van der Waals surface area contributed by atoms with Crippen molar-refractivity contribution in [2.75, 3.05) is 0 Å². The summed E-state index contributed by atoms with van der Waals surface area (Å²) in [6.07, 6.45) is 12.6. The lowest BCUT2D eigenvalue weighted by molar-refractivity contribution is 0.495. The average molecular weight is 248 g/mol. The Hall–Kier alpha value is -1.06. The molecule has 1 heterocycles. The minimum Gasteiger partial charge on any atom is -0.469 e. The molecule has 3 nitrogen and oxygen atoms in total. The molecule has 0 amide bonds. The summed E-state index contributed by atoms with van der Waals surface area (Å²) in [4.78, 5) is 0. The van der Waals surface area contributed by atoms with Crippen molar-refractivity contribution in [3.63, 3.8) is 0 Å². The molecule has 1 unspecified atom stereocenters. The van der Waals surface area contributed by atoms with Gasteiger partial charge in [-0.1, -0.05) is 31.4 Å². The highest BCUT2D eigenvalue weighted by atomic mass is 16.3. The number of allylic oxidation sites excluding steroid dienone is 1. The van der Waals surface area contributed by atoms with Crippen LogP contribution in [-0.4, -0.2) is 0 Å². The van der Waals surface area contributed by atoms with Crippen LogP contribution in [0.15, 0.2) is 28.4 Å². The second-order valence-electron chi connectivity index (χ2n) is 4.98. The topological polar surface area (TPSA) is 51.2 Å². The first kappa shape index (κ1) is 13.4. The standard InChI is InChI=1S/C15H24N2O/c1-2-14-13(10-11-18-14)15(17-16)12-8-6-4-3-5-7-9-12/h8,10-11,15,17H,2-7,9,16H2,1H3/b12-8+. The second kappa shape index (κ2) is 6.76. The van der Waals surface area contributed by atoms with Crippen LogP contribution >= 0.6 is 0 Å². The SMILES string of the molecule is CCc1occc1C(NN)/C1=C/CCCCCC1. The zero-order valence-electron chi connectivity index (χ0n) is 11.2. The molecule has 0 aromatic carbocycles. The molecule has 1 aromatic heterocycles. The van der Waals surface area contributed by atoms with Gasteiger partial charge in [0.25, 0.3) is 0 Å². The van der Waals surface area contributed by atoms with Crippen molar-refractivity contribution < 1.29 is 4.42 Å². The van der Waals surface area contributed by atoms with Crippen molar-refractivity contribution in [1.82, 2.24) is 5.43 Å². The molecular weight excluding hydrogens is 224 g/mol. The molecule has 1 atom stereocenters. The van der Waals surface area contributed by atoms with Gasteiger partial charge in [0, 0.05) is 12.0 Å². The highest BCUT2D eigenvalue weighted by Crippen LogP contribution is 2.30. The van der Waals surface area contributed by atoms with Crippen molar-refractivity contribution in [3.05, 3.63) is 35.3 Å². The van der Waals surface area contributed by atoms with Gasteiger partial charge in [-0.25, -0.2) is 5.43 Å². The van der Waals surface area contributed by atoms with Gasteiger partial charge in [0.2, 0.25) is 0 Å². The third-order valence-corrected chi connectivity index (χ3v) is 3.78. The summed E-state index contributed by atoms with van der Waals surface area (Å²) in [5.41, 5.74) is 5.59. The number of hydrazine groups is 1. The first-order chi connectivity index (χ1) is 8.86. The Bertz CT molecular complexity index is 395. The minimum atomic E-state index is 0.122. The van der Waals surface area contributed by atoms with Crippen molar-refractivity contribution in [2.24, 2.45) is 5.84 Å². The third kappa shape index (κ3) is 3.03. The van der Waals surface area contributed by atoms with Crippen LogP contribution in [0.5, 0.6) is 0 Å². The van der Waals surface area contributed by atoms with E-state index in [4.69, 9.17) is 10.3 Å². The maximum atomic E-state index is 5.78. The molecule has 2 rings (SSSR count). The second-order valence-corrected chi connectivity index (χ2v) is 4.98. The summed E-state index contributed by atoms with van der Waals surface area (Å²) >= 11 is 0. The molecule has 1 aliphatic rings. The van der Waals surface area contributed by atoms with Gasteiger partial charge >= 0.3 is 0 Å². The Morgan fingerprint density at radius 1 is 1.33 bits per heavy atom. The van der Waals surface area contributed by atoms with Gasteiger partial charge in [-0.3, -0.25) is 5.84 Å². The maximum Gasteiger partial charge on any atom is 0.108 e. The van der Waals surface area contributed by atoms with E-state index in [0.29, 0.717) is 0 Å². The average Bonchev–Trinajstić information content (AvgIpc) is 2.80. The fraction of sp³-hybridized carbons (Fsp3) is 0.600. The molecule has 0 bridgehead atoms. The number of rotatable bonds is 4. The number of nitrogens with two attached hydrogens (primary N) is 1. The molecule has 1 aromatic rings. The fourth-order valence-corrected chi connectivity index (χ4v) is 2.77. The van der Waals surface area contributed by atoms with Crippen molar-refractivity contribution >= 4 is 0 Å². The van der Waals surface area contributed by atoms with E-state index < -0.39 is 0 Å². The predicted molar refractivity (Wildman–Crippen MR) is 73.9 cm³/mol. The van der Waals surface area contributed by atoms with Crippen LogP contribution in [0.25, 0.3) is 0 Å². The molecule has 0 saturated carbocycles. The first-order valence-corrected chi connectivity index (χ1v) is 7.08. The van der Waals surface area contributed by atoms with Crippen LogP contribution in [0.2, 0.25) is 0 Å². The van der Waals surface area contributed by atoms with Crippen LogP contribution in [0.3, 0.4) is 0 Å². The Kier molecular flexibility index (Phi) is 5.02. The van der Waals surface area contributed by atoms with E-state index in [9.17, 15) is 0 Å². The van der Waals surface area contributed by atoms with E-state index >= 15 is 0 Å². The molecule has 3 N–H and O–H groups in total. The molecule has 0 spiro atoms. The van der Waals surface area contributed by atoms with E-state index in [2.05, 4.69) is 18.4 Å². The van der Waals surface area contributed by atoms with Gasteiger partial charge in [0.05, 0.1) is 12.3 Å². The minimum absolute atomic E-state index is 0.122. The van der Waals surface area contributed by atoms with Gasteiger partial charge in [0.1, 0.15) is 5.76 Å². The number of hydrogen-bond donors (Lipinski definition) is 2. The lowest BCUT2D eigenvalue weighted by atomic mass is 9.91. The van der Waals surface area contributed by atoms with Crippen LogP contribution < -0.4 is 11.3 Å². The molecule has 0 radical (unpaired) electrons.